The van der Waals surface area contributed by atoms with Gasteiger partial charge in [-0.15, -0.1) is 10.2 Å². The summed E-state index contributed by atoms with van der Waals surface area (Å²) in [6, 6.07) is 15.8. The van der Waals surface area contributed by atoms with Gasteiger partial charge in [0.25, 0.3) is 5.95 Å². The lowest BCUT2D eigenvalue weighted by Crippen LogP contribution is -1.99. The molecule has 0 aliphatic carbocycles. The topological polar surface area (TPSA) is 88.1 Å². The molecule has 7 nitrogen and oxygen atoms in total. The van der Waals surface area contributed by atoms with Crippen LogP contribution < -0.4 is 10.2 Å². The van der Waals surface area contributed by atoms with Crippen LogP contribution in [0.2, 0.25) is 0 Å². The van der Waals surface area contributed by atoms with E-state index in [1.54, 1.807) is 6.21 Å². The zero-order valence-corrected chi connectivity index (χ0v) is 17.8. The number of anilines is 1. The van der Waals surface area contributed by atoms with Crippen LogP contribution >= 0.6 is 0 Å². The van der Waals surface area contributed by atoms with Gasteiger partial charge in [0.15, 0.2) is 5.65 Å². The number of fused-ring (bicyclic) bond motifs is 3. The van der Waals surface area contributed by atoms with E-state index in [0.29, 0.717) is 11.6 Å². The van der Waals surface area contributed by atoms with Crippen LogP contribution in [0.25, 0.3) is 22.1 Å². The Hall–Kier alpha value is -3.48. The van der Waals surface area contributed by atoms with Gasteiger partial charge >= 0.3 is 0 Å². The maximum Gasteiger partial charge on any atom is 0.265 e. The number of aromatic amines is 1. The number of aromatic nitrogens is 4. The highest BCUT2D eigenvalue weighted by Gasteiger charge is 2.07. The van der Waals surface area contributed by atoms with Gasteiger partial charge in [0.2, 0.25) is 0 Å². The van der Waals surface area contributed by atoms with Crippen molar-refractivity contribution in [1.82, 2.24) is 20.2 Å². The molecule has 160 valence electrons. The minimum absolute atomic E-state index is 0.342. The van der Waals surface area contributed by atoms with Gasteiger partial charge in [-0.2, -0.15) is 10.1 Å². The number of nitrogens with one attached hydrogen (secondary N) is 2. The van der Waals surface area contributed by atoms with Gasteiger partial charge in [-0.3, -0.25) is 0 Å². The quantitative estimate of drug-likeness (QED) is 0.186. The summed E-state index contributed by atoms with van der Waals surface area (Å²) in [6.07, 6.45) is 9.30. The van der Waals surface area contributed by atoms with Crippen LogP contribution in [0, 0.1) is 0 Å². The number of H-pyrrole nitrogens is 1. The van der Waals surface area contributed by atoms with Gasteiger partial charge in [-0.05, 0) is 42.3 Å². The molecule has 2 heterocycles. The normalized spacial score (nSPS) is 11.5. The number of benzene rings is 2. The number of rotatable bonds is 11. The highest BCUT2D eigenvalue weighted by molar-refractivity contribution is 6.03. The fraction of sp³-hybridized carbons (Fsp3) is 0.333. The van der Waals surface area contributed by atoms with Crippen LogP contribution in [0.15, 0.2) is 53.6 Å². The lowest BCUT2D eigenvalue weighted by molar-refractivity contribution is 0.304. The number of unbranched alkanes of at least 4 members (excludes halogenated alkanes) is 5. The molecule has 0 saturated carbocycles. The number of hydrogen-bond donors (Lipinski definition) is 2. The average molecular weight is 417 g/mol. The summed E-state index contributed by atoms with van der Waals surface area (Å²) in [5.41, 5.74) is 6.22. The number of ether oxygens (including phenoxy) is 1. The summed E-state index contributed by atoms with van der Waals surface area (Å²) in [5, 5.41) is 13.6. The van der Waals surface area contributed by atoms with Gasteiger partial charge in [-0.25, -0.2) is 5.43 Å². The Kier molecular flexibility index (Phi) is 7.05. The Morgan fingerprint density at radius 3 is 2.65 bits per heavy atom. The summed E-state index contributed by atoms with van der Waals surface area (Å²) in [6.45, 7) is 3.00. The maximum atomic E-state index is 5.82. The van der Waals surface area contributed by atoms with Gasteiger partial charge in [0, 0.05) is 10.9 Å². The van der Waals surface area contributed by atoms with E-state index in [0.717, 1.165) is 40.8 Å². The molecule has 0 amide bonds. The summed E-state index contributed by atoms with van der Waals surface area (Å²) in [4.78, 5) is 7.70. The first-order valence-electron chi connectivity index (χ1n) is 11.0. The van der Waals surface area contributed by atoms with Crippen LogP contribution in [0.1, 0.15) is 51.0 Å². The first kappa shape index (κ1) is 20.8. The van der Waals surface area contributed by atoms with E-state index in [-0.39, 0.29) is 0 Å². The molecule has 7 heteroatoms. The van der Waals surface area contributed by atoms with Crippen molar-refractivity contribution < 1.29 is 4.74 Å². The highest BCUT2D eigenvalue weighted by Crippen LogP contribution is 2.21. The van der Waals surface area contributed by atoms with E-state index in [2.05, 4.69) is 37.6 Å². The lowest BCUT2D eigenvalue weighted by atomic mass is 10.1. The largest absolute Gasteiger partial charge is 0.494 e. The molecule has 4 aromatic rings. The molecule has 0 bridgehead atoms. The molecular formula is C24H28N6O. The SMILES string of the molecule is CCCCCCCCOc1ccc(/C=N/Nc2nnc3c(n2)[nH]c2ccccc23)cc1. The molecule has 0 atom stereocenters. The van der Waals surface area contributed by atoms with Crippen LogP contribution in [-0.4, -0.2) is 33.0 Å². The van der Waals surface area contributed by atoms with Crippen LogP contribution in [0.3, 0.4) is 0 Å². The molecule has 2 N–H and O–H groups in total. The third-order valence-corrected chi connectivity index (χ3v) is 5.15. The van der Waals surface area contributed by atoms with E-state index in [4.69, 9.17) is 4.74 Å². The molecule has 4 rings (SSSR count). The van der Waals surface area contributed by atoms with E-state index in [9.17, 15) is 0 Å². The minimum atomic E-state index is 0.342. The van der Waals surface area contributed by atoms with Crippen molar-refractivity contribution in [3.63, 3.8) is 0 Å². The summed E-state index contributed by atoms with van der Waals surface area (Å²) in [7, 11) is 0. The van der Waals surface area contributed by atoms with Crippen molar-refractivity contribution in [1.29, 1.82) is 0 Å². The third kappa shape index (κ3) is 5.57. The highest BCUT2D eigenvalue weighted by atomic mass is 16.5. The van der Waals surface area contributed by atoms with E-state index < -0.39 is 0 Å². The van der Waals surface area contributed by atoms with Crippen molar-refractivity contribution in [2.24, 2.45) is 5.10 Å². The van der Waals surface area contributed by atoms with Crippen molar-refractivity contribution in [3.8, 4) is 5.75 Å². The van der Waals surface area contributed by atoms with Crippen molar-refractivity contribution in [2.45, 2.75) is 45.4 Å². The van der Waals surface area contributed by atoms with Crippen molar-refractivity contribution in [3.05, 3.63) is 54.1 Å². The molecule has 0 fully saturated rings. The second kappa shape index (κ2) is 10.5. The van der Waals surface area contributed by atoms with Gasteiger partial charge in [-0.1, -0.05) is 57.2 Å². The number of para-hydroxylation sites is 1. The first-order chi connectivity index (χ1) is 15.3. The van der Waals surface area contributed by atoms with Crippen molar-refractivity contribution >= 4 is 34.2 Å². The Balaban J connectivity index is 1.26. The zero-order chi connectivity index (χ0) is 21.3. The predicted octanol–water partition coefficient (Wildman–Crippen LogP) is 5.69. The van der Waals surface area contributed by atoms with E-state index in [1.807, 2.05) is 48.5 Å². The smallest absolute Gasteiger partial charge is 0.265 e. The first-order valence-corrected chi connectivity index (χ1v) is 11.0. The summed E-state index contributed by atoms with van der Waals surface area (Å²) >= 11 is 0. The van der Waals surface area contributed by atoms with Gasteiger partial charge in [0.1, 0.15) is 11.3 Å². The molecule has 2 aromatic carbocycles. The number of hydrogen-bond acceptors (Lipinski definition) is 6. The zero-order valence-electron chi connectivity index (χ0n) is 17.8. The van der Waals surface area contributed by atoms with Gasteiger partial charge < -0.3 is 9.72 Å². The molecule has 0 aliphatic heterocycles. The molecule has 0 aliphatic rings. The number of hydrazone groups is 1. The molecule has 0 radical (unpaired) electrons. The lowest BCUT2D eigenvalue weighted by Gasteiger charge is -2.06. The molecule has 31 heavy (non-hydrogen) atoms. The summed E-state index contributed by atoms with van der Waals surface area (Å²) < 4.78 is 5.82. The Bertz CT molecular complexity index is 1140. The van der Waals surface area contributed by atoms with E-state index in [1.165, 1.54) is 32.1 Å². The second-order valence-electron chi connectivity index (χ2n) is 7.56. The summed E-state index contributed by atoms with van der Waals surface area (Å²) in [5.74, 6) is 1.23. The minimum Gasteiger partial charge on any atom is -0.494 e. The average Bonchev–Trinajstić information content (AvgIpc) is 3.17. The molecule has 0 unspecified atom stereocenters. The van der Waals surface area contributed by atoms with E-state index >= 15 is 0 Å². The van der Waals surface area contributed by atoms with Crippen molar-refractivity contribution in [2.75, 3.05) is 12.0 Å². The molecule has 2 aromatic heterocycles. The Morgan fingerprint density at radius 2 is 1.77 bits per heavy atom. The molecule has 0 spiro atoms. The Morgan fingerprint density at radius 1 is 0.968 bits per heavy atom. The standard InChI is InChI=1S/C24H28N6O/c1-2-3-4-5-6-9-16-31-19-14-12-18(13-15-19)17-25-29-24-27-23-22(28-30-24)20-10-7-8-11-21(20)26-23/h7-8,10-15,17H,2-6,9,16H2,1H3,(H2,26,27,29,30)/b25-17+. The number of nitrogens with zero attached hydrogens (tertiary/aromatic N) is 4. The maximum absolute atomic E-state index is 5.82. The third-order valence-electron chi connectivity index (χ3n) is 5.15. The Labute approximate surface area is 182 Å². The van der Waals surface area contributed by atoms with Gasteiger partial charge in [0.05, 0.1) is 12.8 Å². The second-order valence-corrected chi connectivity index (χ2v) is 7.56. The van der Waals surface area contributed by atoms with Crippen LogP contribution in [0.4, 0.5) is 5.95 Å². The molecule has 0 saturated heterocycles. The molecular weight excluding hydrogens is 388 g/mol. The fourth-order valence-electron chi connectivity index (χ4n) is 3.46. The fourth-order valence-corrected chi connectivity index (χ4v) is 3.46. The monoisotopic (exact) mass is 416 g/mol. The van der Waals surface area contributed by atoms with Crippen LogP contribution in [0.5, 0.6) is 5.75 Å². The predicted molar refractivity (Wildman–Crippen MR) is 126 cm³/mol. The van der Waals surface area contributed by atoms with Crippen LogP contribution in [-0.2, 0) is 0 Å².